The molecule has 0 bridgehead atoms. The number of H-pyrrole nitrogens is 1. The van der Waals surface area contributed by atoms with Crippen LogP contribution in [-0.4, -0.2) is 22.7 Å². The average Bonchev–Trinajstić information content (AvgIpc) is 2.69. The zero-order valence-electron chi connectivity index (χ0n) is 9.03. The first-order valence-corrected chi connectivity index (χ1v) is 5.21. The zero-order chi connectivity index (χ0) is 11.5. The lowest BCUT2D eigenvalue weighted by atomic mass is 10.0. The first-order chi connectivity index (χ1) is 7.68. The summed E-state index contributed by atoms with van der Waals surface area (Å²) in [4.78, 5) is 13.6. The number of carboxylic acid groups (broad SMARTS) is 1. The van der Waals surface area contributed by atoms with E-state index in [1.54, 1.807) is 0 Å². The molecule has 0 aliphatic heterocycles. The minimum absolute atomic E-state index is 0.159. The maximum Gasteiger partial charge on any atom is 0.404 e. The van der Waals surface area contributed by atoms with E-state index in [0.717, 1.165) is 16.5 Å². The van der Waals surface area contributed by atoms with E-state index in [9.17, 15) is 4.79 Å². The second kappa shape index (κ2) is 4.26. The second-order valence-corrected chi connectivity index (χ2v) is 3.88. The van der Waals surface area contributed by atoms with Gasteiger partial charge in [0.25, 0.3) is 0 Å². The molecular formula is C12H14N2O2. The van der Waals surface area contributed by atoms with E-state index in [1.807, 2.05) is 37.4 Å². The third kappa shape index (κ3) is 2.00. The highest BCUT2D eigenvalue weighted by atomic mass is 16.4. The quantitative estimate of drug-likeness (QED) is 0.741. The second-order valence-electron chi connectivity index (χ2n) is 3.88. The lowest BCUT2D eigenvalue weighted by molar-refractivity contribution is 0.194. The van der Waals surface area contributed by atoms with Crippen LogP contribution in [0.2, 0.25) is 0 Å². The highest BCUT2D eigenvalue weighted by Crippen LogP contribution is 2.24. The standard InChI is InChI=1S/C12H14N2O2/c1-8(6-14-12(15)16)10-7-13-11-5-3-2-4-9(10)11/h2-5,7-8,13-14H,6H2,1H3,(H,15,16)/t8-/m1/s1. The van der Waals surface area contributed by atoms with Crippen molar-refractivity contribution in [1.29, 1.82) is 0 Å². The monoisotopic (exact) mass is 218 g/mol. The van der Waals surface area contributed by atoms with Crippen LogP contribution in [0.3, 0.4) is 0 Å². The maximum atomic E-state index is 10.4. The molecule has 1 atom stereocenters. The van der Waals surface area contributed by atoms with Gasteiger partial charge in [0.2, 0.25) is 0 Å². The fourth-order valence-electron chi connectivity index (χ4n) is 1.85. The summed E-state index contributed by atoms with van der Waals surface area (Å²) in [6.07, 6.45) is 0.963. The molecule has 1 aromatic heterocycles. The largest absolute Gasteiger partial charge is 0.465 e. The van der Waals surface area contributed by atoms with Gasteiger partial charge in [-0.3, -0.25) is 0 Å². The Morgan fingerprint density at radius 3 is 3.00 bits per heavy atom. The van der Waals surface area contributed by atoms with Gasteiger partial charge in [-0.1, -0.05) is 25.1 Å². The van der Waals surface area contributed by atoms with Gasteiger partial charge in [-0.25, -0.2) is 4.79 Å². The summed E-state index contributed by atoms with van der Waals surface area (Å²) in [7, 11) is 0. The number of nitrogens with one attached hydrogen (secondary N) is 2. The minimum Gasteiger partial charge on any atom is -0.465 e. The van der Waals surface area contributed by atoms with E-state index >= 15 is 0 Å². The lowest BCUT2D eigenvalue weighted by Crippen LogP contribution is -2.25. The number of carbonyl (C=O) groups is 1. The van der Waals surface area contributed by atoms with Gasteiger partial charge in [0.1, 0.15) is 0 Å². The molecule has 1 amide bonds. The Kier molecular flexibility index (Phi) is 2.81. The predicted molar refractivity (Wildman–Crippen MR) is 62.7 cm³/mol. The van der Waals surface area contributed by atoms with Gasteiger partial charge < -0.3 is 15.4 Å². The van der Waals surface area contributed by atoms with Crippen LogP contribution in [0.4, 0.5) is 4.79 Å². The molecule has 0 fully saturated rings. The topological polar surface area (TPSA) is 65.1 Å². The SMILES string of the molecule is C[C@H](CNC(=O)O)c1c[nH]c2ccccc12. The molecular weight excluding hydrogens is 204 g/mol. The molecule has 0 aliphatic carbocycles. The van der Waals surface area contributed by atoms with E-state index in [4.69, 9.17) is 5.11 Å². The van der Waals surface area contributed by atoms with Crippen LogP contribution >= 0.6 is 0 Å². The summed E-state index contributed by atoms with van der Waals surface area (Å²) in [6, 6.07) is 8.01. The van der Waals surface area contributed by atoms with Crippen LogP contribution in [0.25, 0.3) is 10.9 Å². The average molecular weight is 218 g/mol. The lowest BCUT2D eigenvalue weighted by Gasteiger charge is -2.09. The van der Waals surface area contributed by atoms with E-state index in [-0.39, 0.29) is 5.92 Å². The van der Waals surface area contributed by atoms with Gasteiger partial charge in [0, 0.05) is 29.6 Å². The van der Waals surface area contributed by atoms with E-state index in [2.05, 4.69) is 10.3 Å². The van der Waals surface area contributed by atoms with Crippen molar-refractivity contribution in [2.24, 2.45) is 0 Å². The molecule has 0 saturated heterocycles. The van der Waals surface area contributed by atoms with Crippen LogP contribution in [-0.2, 0) is 0 Å². The molecule has 1 aromatic carbocycles. The molecule has 1 heterocycles. The van der Waals surface area contributed by atoms with Gasteiger partial charge >= 0.3 is 6.09 Å². The Labute approximate surface area is 93.3 Å². The van der Waals surface area contributed by atoms with E-state index in [0.29, 0.717) is 6.54 Å². The van der Waals surface area contributed by atoms with Gasteiger partial charge in [0.05, 0.1) is 0 Å². The molecule has 3 N–H and O–H groups in total. The number of benzene rings is 1. The Morgan fingerprint density at radius 2 is 2.25 bits per heavy atom. The first-order valence-electron chi connectivity index (χ1n) is 5.21. The van der Waals surface area contributed by atoms with Gasteiger partial charge in [-0.05, 0) is 11.6 Å². The number of amides is 1. The predicted octanol–water partition coefficient (Wildman–Crippen LogP) is 2.54. The van der Waals surface area contributed by atoms with Crippen LogP contribution in [0.1, 0.15) is 18.4 Å². The van der Waals surface area contributed by atoms with Crippen molar-refractivity contribution in [3.05, 3.63) is 36.0 Å². The number of aromatic nitrogens is 1. The smallest absolute Gasteiger partial charge is 0.404 e. The van der Waals surface area contributed by atoms with Gasteiger partial charge in [0.15, 0.2) is 0 Å². The normalized spacial score (nSPS) is 12.6. The van der Waals surface area contributed by atoms with Crippen molar-refractivity contribution in [3.63, 3.8) is 0 Å². The Bertz CT molecular complexity index is 504. The molecule has 0 saturated carbocycles. The highest BCUT2D eigenvalue weighted by Gasteiger charge is 2.11. The maximum absolute atomic E-state index is 10.4. The molecule has 0 spiro atoms. The van der Waals surface area contributed by atoms with Crippen LogP contribution in [0, 0.1) is 0 Å². The molecule has 0 radical (unpaired) electrons. The van der Waals surface area contributed by atoms with E-state index in [1.165, 1.54) is 0 Å². The van der Waals surface area contributed by atoms with Crippen LogP contribution in [0.15, 0.2) is 30.5 Å². The number of hydrogen-bond acceptors (Lipinski definition) is 1. The number of aromatic amines is 1. The first kappa shape index (κ1) is 10.5. The molecule has 84 valence electrons. The summed E-state index contributed by atoms with van der Waals surface area (Å²) < 4.78 is 0. The molecule has 2 rings (SSSR count). The fraction of sp³-hybridized carbons (Fsp3) is 0.250. The number of fused-ring (bicyclic) bond motifs is 1. The number of rotatable bonds is 3. The van der Waals surface area contributed by atoms with Crippen LogP contribution < -0.4 is 5.32 Å². The molecule has 0 aliphatic rings. The Morgan fingerprint density at radius 1 is 1.50 bits per heavy atom. The number of hydrogen-bond donors (Lipinski definition) is 3. The molecule has 4 nitrogen and oxygen atoms in total. The Balaban J connectivity index is 2.22. The van der Waals surface area contributed by atoms with Crippen molar-refractivity contribution < 1.29 is 9.90 Å². The van der Waals surface area contributed by atoms with Crippen molar-refractivity contribution in [2.45, 2.75) is 12.8 Å². The minimum atomic E-state index is -0.980. The summed E-state index contributed by atoms with van der Waals surface area (Å²) in [6.45, 7) is 2.43. The summed E-state index contributed by atoms with van der Waals surface area (Å²) in [5, 5.41) is 12.1. The summed E-state index contributed by atoms with van der Waals surface area (Å²) in [5.41, 5.74) is 2.23. The molecule has 0 unspecified atom stereocenters. The third-order valence-corrected chi connectivity index (χ3v) is 2.71. The van der Waals surface area contributed by atoms with Crippen LogP contribution in [0.5, 0.6) is 0 Å². The fourth-order valence-corrected chi connectivity index (χ4v) is 1.85. The van der Waals surface area contributed by atoms with Crippen molar-refractivity contribution in [1.82, 2.24) is 10.3 Å². The summed E-state index contributed by atoms with van der Waals surface area (Å²) in [5.74, 6) is 0.159. The molecule has 16 heavy (non-hydrogen) atoms. The Hall–Kier alpha value is -1.97. The third-order valence-electron chi connectivity index (χ3n) is 2.71. The van der Waals surface area contributed by atoms with Crippen molar-refractivity contribution >= 4 is 17.0 Å². The highest BCUT2D eigenvalue weighted by molar-refractivity contribution is 5.83. The van der Waals surface area contributed by atoms with Crippen molar-refractivity contribution in [3.8, 4) is 0 Å². The molecule has 2 aromatic rings. The number of para-hydroxylation sites is 1. The van der Waals surface area contributed by atoms with Crippen molar-refractivity contribution in [2.75, 3.05) is 6.54 Å². The van der Waals surface area contributed by atoms with E-state index < -0.39 is 6.09 Å². The summed E-state index contributed by atoms with van der Waals surface area (Å²) >= 11 is 0. The van der Waals surface area contributed by atoms with Gasteiger partial charge in [-0.2, -0.15) is 0 Å². The zero-order valence-corrected chi connectivity index (χ0v) is 9.03. The molecule has 4 heteroatoms. The van der Waals surface area contributed by atoms with Gasteiger partial charge in [-0.15, -0.1) is 0 Å².